The first-order valence-corrected chi connectivity index (χ1v) is 9.75. The van der Waals surface area contributed by atoms with E-state index >= 15 is 0 Å². The van der Waals surface area contributed by atoms with Crippen LogP contribution in [0.4, 0.5) is 5.69 Å². The number of amides is 1. The van der Waals surface area contributed by atoms with Gasteiger partial charge in [0.25, 0.3) is 11.6 Å². The number of benzene rings is 1. The third-order valence-electron chi connectivity index (χ3n) is 5.13. The van der Waals surface area contributed by atoms with E-state index in [9.17, 15) is 14.9 Å². The van der Waals surface area contributed by atoms with Gasteiger partial charge in [-0.2, -0.15) is 5.10 Å². The van der Waals surface area contributed by atoms with Crippen LogP contribution in [0, 0.1) is 10.1 Å². The van der Waals surface area contributed by atoms with E-state index in [2.05, 4.69) is 5.10 Å². The summed E-state index contributed by atoms with van der Waals surface area (Å²) in [7, 11) is 1.90. The van der Waals surface area contributed by atoms with Gasteiger partial charge in [-0.15, -0.1) is 0 Å². The molecule has 2 aromatic heterocycles. The summed E-state index contributed by atoms with van der Waals surface area (Å²) in [6.07, 6.45) is 1.76. The highest BCUT2D eigenvalue weighted by Gasteiger charge is 2.30. The number of nitro benzene ring substituents is 1. The van der Waals surface area contributed by atoms with Gasteiger partial charge in [0, 0.05) is 38.5 Å². The monoisotopic (exact) mass is 409 g/mol. The molecule has 0 aliphatic carbocycles. The fourth-order valence-electron chi connectivity index (χ4n) is 3.83. The summed E-state index contributed by atoms with van der Waals surface area (Å²) in [5.74, 6) is -0.184. The maximum absolute atomic E-state index is 13.4. The Kier molecular flexibility index (Phi) is 5.13. The highest BCUT2D eigenvalue weighted by molar-refractivity contribution is 5.94. The van der Waals surface area contributed by atoms with Crippen molar-refractivity contribution in [2.75, 3.05) is 13.1 Å². The average Bonchev–Trinajstić information content (AvgIpc) is 3.33. The molecule has 1 fully saturated rings. The van der Waals surface area contributed by atoms with Gasteiger partial charge in [-0.05, 0) is 38.1 Å². The Balaban J connectivity index is 1.81. The number of hydrogen-bond donors (Lipinski definition) is 0. The third-order valence-corrected chi connectivity index (χ3v) is 5.13. The van der Waals surface area contributed by atoms with E-state index < -0.39 is 4.92 Å². The number of non-ortho nitro benzene ring substituents is 1. The first kappa shape index (κ1) is 19.8. The van der Waals surface area contributed by atoms with E-state index in [1.165, 1.54) is 16.8 Å². The molecule has 2 atom stereocenters. The molecule has 3 aromatic rings. The minimum atomic E-state index is -0.460. The van der Waals surface area contributed by atoms with Crippen LogP contribution in [0.15, 0.2) is 48.7 Å². The minimum Gasteiger partial charge on any atom is -0.372 e. The zero-order valence-corrected chi connectivity index (χ0v) is 17.1. The van der Waals surface area contributed by atoms with Crippen LogP contribution in [-0.2, 0) is 11.8 Å². The molecule has 2 unspecified atom stereocenters. The zero-order chi connectivity index (χ0) is 21.4. The summed E-state index contributed by atoms with van der Waals surface area (Å²) in [5.41, 5.74) is 2.22. The van der Waals surface area contributed by atoms with E-state index in [0.29, 0.717) is 30.2 Å². The van der Waals surface area contributed by atoms with Crippen molar-refractivity contribution < 1.29 is 14.5 Å². The molecule has 0 saturated carbocycles. The summed E-state index contributed by atoms with van der Waals surface area (Å²) in [6, 6.07) is 11.7. The molecule has 9 nitrogen and oxygen atoms in total. The molecule has 0 spiro atoms. The van der Waals surface area contributed by atoms with Crippen molar-refractivity contribution in [1.29, 1.82) is 0 Å². The molecule has 4 rings (SSSR count). The molecule has 1 saturated heterocycles. The van der Waals surface area contributed by atoms with Gasteiger partial charge < -0.3 is 14.2 Å². The van der Waals surface area contributed by atoms with Gasteiger partial charge in [0.2, 0.25) is 0 Å². The van der Waals surface area contributed by atoms with Gasteiger partial charge in [0.1, 0.15) is 11.4 Å². The fourth-order valence-corrected chi connectivity index (χ4v) is 3.83. The Morgan fingerprint density at radius 1 is 1.17 bits per heavy atom. The van der Waals surface area contributed by atoms with Gasteiger partial charge >= 0.3 is 0 Å². The lowest BCUT2D eigenvalue weighted by Gasteiger charge is -2.35. The Morgan fingerprint density at radius 3 is 2.53 bits per heavy atom. The molecular weight excluding hydrogens is 386 g/mol. The van der Waals surface area contributed by atoms with E-state index in [0.717, 1.165) is 5.69 Å². The number of nitrogens with zero attached hydrogens (tertiary/aromatic N) is 5. The maximum Gasteiger partial charge on any atom is 0.272 e. The number of ether oxygens (including phenoxy) is 1. The van der Waals surface area contributed by atoms with Crippen molar-refractivity contribution in [3.63, 3.8) is 0 Å². The summed E-state index contributed by atoms with van der Waals surface area (Å²) >= 11 is 0. The second-order valence-electron chi connectivity index (χ2n) is 7.58. The number of morpholine rings is 1. The quantitative estimate of drug-likeness (QED) is 0.488. The summed E-state index contributed by atoms with van der Waals surface area (Å²) in [5, 5.41) is 15.9. The van der Waals surface area contributed by atoms with Crippen molar-refractivity contribution in [1.82, 2.24) is 19.2 Å². The number of nitro groups is 1. The molecule has 1 amide bonds. The van der Waals surface area contributed by atoms with Crippen molar-refractivity contribution in [3.8, 4) is 17.1 Å². The van der Waals surface area contributed by atoms with Crippen LogP contribution in [0.25, 0.3) is 17.1 Å². The predicted octanol–water partition coefficient (Wildman–Crippen LogP) is 3.04. The molecule has 156 valence electrons. The predicted molar refractivity (Wildman–Crippen MR) is 111 cm³/mol. The third kappa shape index (κ3) is 3.71. The van der Waals surface area contributed by atoms with Crippen molar-refractivity contribution in [2.45, 2.75) is 26.1 Å². The molecule has 0 radical (unpaired) electrons. The topological polar surface area (TPSA) is 95.4 Å². The molecule has 30 heavy (non-hydrogen) atoms. The summed E-state index contributed by atoms with van der Waals surface area (Å²) < 4.78 is 9.14. The normalized spacial score (nSPS) is 19.1. The molecule has 3 heterocycles. The number of hydrogen-bond acceptors (Lipinski definition) is 5. The van der Waals surface area contributed by atoms with Gasteiger partial charge in [0.15, 0.2) is 0 Å². The first-order valence-electron chi connectivity index (χ1n) is 9.75. The Labute approximate surface area is 173 Å². The number of aryl methyl sites for hydroxylation is 1. The molecule has 9 heteroatoms. The number of carbonyl (C=O) groups excluding carboxylic acids is 1. The molecule has 1 aromatic carbocycles. The van der Waals surface area contributed by atoms with Crippen LogP contribution in [-0.4, -0.2) is 55.4 Å². The smallest absolute Gasteiger partial charge is 0.272 e. The number of carbonyl (C=O) groups is 1. The SMILES string of the molecule is CC1CN(C(=O)c2cc(-c3cccn3C)nn2-c2cccc([N+](=O)[O-])c2)CC(C)O1. The van der Waals surface area contributed by atoms with Crippen molar-refractivity contribution in [3.05, 3.63) is 64.5 Å². The van der Waals surface area contributed by atoms with E-state index in [1.54, 1.807) is 23.1 Å². The van der Waals surface area contributed by atoms with Crippen LogP contribution in [0.1, 0.15) is 24.3 Å². The van der Waals surface area contributed by atoms with Crippen molar-refractivity contribution in [2.24, 2.45) is 7.05 Å². The number of rotatable bonds is 4. The second-order valence-corrected chi connectivity index (χ2v) is 7.58. The highest BCUT2D eigenvalue weighted by Crippen LogP contribution is 2.25. The Hall–Kier alpha value is -3.46. The van der Waals surface area contributed by atoms with E-state index in [4.69, 9.17) is 4.74 Å². The van der Waals surface area contributed by atoms with Crippen LogP contribution in [0.2, 0.25) is 0 Å². The highest BCUT2D eigenvalue weighted by atomic mass is 16.6. The zero-order valence-electron chi connectivity index (χ0n) is 17.1. The standard InChI is InChI=1S/C21H23N5O4/c1-14-12-24(13-15(2)30-14)21(27)20-11-18(19-8-5-9-23(19)3)22-25(20)16-6-4-7-17(10-16)26(28)29/h4-11,14-15H,12-13H2,1-3H3. The van der Waals surface area contributed by atoms with Crippen LogP contribution in [0.3, 0.4) is 0 Å². The van der Waals surface area contributed by atoms with Gasteiger partial charge in [-0.25, -0.2) is 4.68 Å². The Morgan fingerprint density at radius 2 is 1.90 bits per heavy atom. The fraction of sp³-hybridized carbons (Fsp3) is 0.333. The van der Waals surface area contributed by atoms with Gasteiger partial charge in [-0.3, -0.25) is 14.9 Å². The van der Waals surface area contributed by atoms with Crippen LogP contribution in [0.5, 0.6) is 0 Å². The van der Waals surface area contributed by atoms with Crippen LogP contribution < -0.4 is 0 Å². The molecule has 0 bridgehead atoms. The van der Waals surface area contributed by atoms with Gasteiger partial charge in [-0.1, -0.05) is 6.07 Å². The first-order chi connectivity index (χ1) is 14.3. The lowest BCUT2D eigenvalue weighted by Crippen LogP contribution is -2.48. The second kappa shape index (κ2) is 7.75. The van der Waals surface area contributed by atoms with Crippen molar-refractivity contribution >= 4 is 11.6 Å². The Bertz CT molecular complexity index is 1090. The van der Waals surface area contributed by atoms with Gasteiger partial charge in [0.05, 0.1) is 28.5 Å². The molecular formula is C21H23N5O4. The number of aromatic nitrogens is 3. The molecule has 0 N–H and O–H groups in total. The van der Waals surface area contributed by atoms with E-state index in [1.807, 2.05) is 43.8 Å². The minimum absolute atomic E-state index is 0.0598. The molecule has 1 aliphatic heterocycles. The lowest BCUT2D eigenvalue weighted by molar-refractivity contribution is -0.384. The van der Waals surface area contributed by atoms with Crippen LogP contribution >= 0.6 is 0 Å². The summed E-state index contributed by atoms with van der Waals surface area (Å²) in [4.78, 5) is 26.0. The molecule has 1 aliphatic rings. The van der Waals surface area contributed by atoms with E-state index in [-0.39, 0.29) is 23.8 Å². The maximum atomic E-state index is 13.4. The summed E-state index contributed by atoms with van der Waals surface area (Å²) in [6.45, 7) is 4.82. The lowest BCUT2D eigenvalue weighted by atomic mass is 10.2. The largest absolute Gasteiger partial charge is 0.372 e. The average molecular weight is 409 g/mol.